The summed E-state index contributed by atoms with van der Waals surface area (Å²) >= 11 is 0. The summed E-state index contributed by atoms with van der Waals surface area (Å²) in [5.74, 6) is 0.681. The van der Waals surface area contributed by atoms with E-state index in [0.717, 1.165) is 32.4 Å². The molecule has 1 aromatic carbocycles. The van der Waals surface area contributed by atoms with Gasteiger partial charge in [-0.1, -0.05) is 44.9 Å². The van der Waals surface area contributed by atoms with E-state index < -0.39 is 0 Å². The van der Waals surface area contributed by atoms with Gasteiger partial charge in [0.15, 0.2) is 0 Å². The van der Waals surface area contributed by atoms with Gasteiger partial charge < -0.3 is 10.2 Å². The smallest absolute Gasteiger partial charge is 0.220 e. The minimum absolute atomic E-state index is 0.188. The number of carbonyl (C=O) groups is 1. The van der Waals surface area contributed by atoms with Crippen molar-refractivity contribution >= 4 is 11.6 Å². The molecule has 0 saturated carbocycles. The lowest BCUT2D eigenvalue weighted by Gasteiger charge is -2.19. The molecule has 1 N–H and O–H groups in total. The van der Waals surface area contributed by atoms with E-state index in [1.54, 1.807) is 0 Å². The van der Waals surface area contributed by atoms with Crippen LogP contribution in [0.25, 0.3) is 0 Å². The van der Waals surface area contributed by atoms with Crippen molar-refractivity contribution in [3.8, 4) is 0 Å². The lowest BCUT2D eigenvalue weighted by Crippen LogP contribution is -2.29. The number of hydrogen-bond donors (Lipinski definition) is 1. The third kappa shape index (κ3) is 6.60. The number of para-hydroxylation sites is 1. The molecule has 0 saturated heterocycles. The standard InChI is InChI=1S/C17H28N2O/c1-4-9-15(2)14-17(20)18-12-8-13-19(3)16-10-6-5-7-11-16/h5-7,10-11,15H,4,8-9,12-14H2,1-3H3,(H,18,20). The Morgan fingerprint density at radius 1 is 1.30 bits per heavy atom. The number of amides is 1. The zero-order valence-electron chi connectivity index (χ0n) is 13.1. The van der Waals surface area contributed by atoms with Gasteiger partial charge in [-0.2, -0.15) is 0 Å². The first-order valence-corrected chi connectivity index (χ1v) is 7.66. The maximum absolute atomic E-state index is 11.7. The Hall–Kier alpha value is -1.51. The summed E-state index contributed by atoms with van der Waals surface area (Å²) in [5, 5.41) is 3.01. The molecule has 0 aromatic heterocycles. The molecule has 0 radical (unpaired) electrons. The number of nitrogens with one attached hydrogen (secondary N) is 1. The van der Waals surface area contributed by atoms with Gasteiger partial charge in [-0.05, 0) is 24.5 Å². The summed E-state index contributed by atoms with van der Waals surface area (Å²) in [5.41, 5.74) is 1.22. The zero-order valence-corrected chi connectivity index (χ0v) is 13.1. The molecule has 1 rings (SSSR count). The molecule has 0 aliphatic rings. The first-order chi connectivity index (χ1) is 9.63. The Morgan fingerprint density at radius 2 is 2.00 bits per heavy atom. The van der Waals surface area contributed by atoms with Gasteiger partial charge in [0.2, 0.25) is 5.91 Å². The SMILES string of the molecule is CCCC(C)CC(=O)NCCCN(C)c1ccccc1. The van der Waals surface area contributed by atoms with E-state index in [1.165, 1.54) is 5.69 Å². The van der Waals surface area contributed by atoms with Gasteiger partial charge in [0.05, 0.1) is 0 Å². The van der Waals surface area contributed by atoms with E-state index in [9.17, 15) is 4.79 Å². The maximum Gasteiger partial charge on any atom is 0.220 e. The van der Waals surface area contributed by atoms with E-state index in [4.69, 9.17) is 0 Å². The van der Waals surface area contributed by atoms with Crippen LogP contribution in [-0.4, -0.2) is 26.0 Å². The third-order valence-electron chi connectivity index (χ3n) is 3.50. The van der Waals surface area contributed by atoms with Crippen LogP contribution >= 0.6 is 0 Å². The second-order valence-electron chi connectivity index (χ2n) is 5.56. The molecule has 1 atom stereocenters. The van der Waals surface area contributed by atoms with Gasteiger partial charge in [0, 0.05) is 32.2 Å². The van der Waals surface area contributed by atoms with Crippen LogP contribution in [0, 0.1) is 5.92 Å². The summed E-state index contributed by atoms with van der Waals surface area (Å²) < 4.78 is 0. The number of nitrogens with zero attached hydrogens (tertiary/aromatic N) is 1. The molecule has 1 unspecified atom stereocenters. The number of hydrogen-bond acceptors (Lipinski definition) is 2. The van der Waals surface area contributed by atoms with Crippen LogP contribution in [0.2, 0.25) is 0 Å². The molecule has 0 bridgehead atoms. The van der Waals surface area contributed by atoms with Crippen LogP contribution in [0.1, 0.15) is 39.5 Å². The first-order valence-electron chi connectivity index (χ1n) is 7.66. The van der Waals surface area contributed by atoms with Gasteiger partial charge in [-0.25, -0.2) is 0 Å². The summed E-state index contributed by atoms with van der Waals surface area (Å²) in [6.07, 6.45) is 3.90. The molecular formula is C17H28N2O. The molecule has 1 aromatic rings. The van der Waals surface area contributed by atoms with E-state index in [-0.39, 0.29) is 5.91 Å². The Morgan fingerprint density at radius 3 is 2.65 bits per heavy atom. The summed E-state index contributed by atoms with van der Waals surface area (Å²) in [4.78, 5) is 13.9. The average Bonchev–Trinajstić information content (AvgIpc) is 2.44. The highest BCUT2D eigenvalue weighted by molar-refractivity contribution is 5.76. The molecule has 0 fully saturated rings. The van der Waals surface area contributed by atoms with Crippen molar-refractivity contribution in [2.45, 2.75) is 39.5 Å². The Kier molecular flexibility index (Phi) is 7.78. The third-order valence-corrected chi connectivity index (χ3v) is 3.50. The Bertz CT molecular complexity index is 378. The first kappa shape index (κ1) is 16.5. The lowest BCUT2D eigenvalue weighted by molar-refractivity contribution is -0.121. The fraction of sp³-hybridized carbons (Fsp3) is 0.588. The molecule has 0 spiro atoms. The summed E-state index contributed by atoms with van der Waals surface area (Å²) in [6.45, 7) is 6.02. The van der Waals surface area contributed by atoms with Crippen molar-refractivity contribution in [2.24, 2.45) is 5.92 Å². The molecule has 3 heteroatoms. The van der Waals surface area contributed by atoms with Crippen molar-refractivity contribution in [3.05, 3.63) is 30.3 Å². The van der Waals surface area contributed by atoms with Gasteiger partial charge >= 0.3 is 0 Å². The van der Waals surface area contributed by atoms with Crippen molar-refractivity contribution in [3.63, 3.8) is 0 Å². The number of benzene rings is 1. The zero-order chi connectivity index (χ0) is 14.8. The van der Waals surface area contributed by atoms with Crippen LogP contribution in [0.4, 0.5) is 5.69 Å². The molecule has 0 aliphatic carbocycles. The van der Waals surface area contributed by atoms with E-state index >= 15 is 0 Å². The Labute approximate surface area is 123 Å². The largest absolute Gasteiger partial charge is 0.375 e. The van der Waals surface area contributed by atoms with E-state index in [0.29, 0.717) is 12.3 Å². The van der Waals surface area contributed by atoms with Crippen LogP contribution < -0.4 is 10.2 Å². The van der Waals surface area contributed by atoms with Crippen LogP contribution in [-0.2, 0) is 4.79 Å². The van der Waals surface area contributed by atoms with Crippen LogP contribution in [0.5, 0.6) is 0 Å². The van der Waals surface area contributed by atoms with E-state index in [2.05, 4.69) is 43.2 Å². The summed E-state index contributed by atoms with van der Waals surface area (Å²) in [7, 11) is 2.08. The second kappa shape index (κ2) is 9.40. The monoisotopic (exact) mass is 276 g/mol. The normalized spacial score (nSPS) is 11.9. The fourth-order valence-electron chi connectivity index (χ4n) is 2.34. The highest BCUT2D eigenvalue weighted by Crippen LogP contribution is 2.11. The minimum atomic E-state index is 0.188. The van der Waals surface area contributed by atoms with Gasteiger partial charge in [0.1, 0.15) is 0 Å². The highest BCUT2D eigenvalue weighted by Gasteiger charge is 2.07. The molecule has 0 heterocycles. The van der Waals surface area contributed by atoms with Gasteiger partial charge in [0.25, 0.3) is 0 Å². The van der Waals surface area contributed by atoms with Crippen molar-refractivity contribution in [1.82, 2.24) is 5.32 Å². The predicted molar refractivity (Wildman–Crippen MR) is 86.0 cm³/mol. The van der Waals surface area contributed by atoms with Crippen molar-refractivity contribution < 1.29 is 4.79 Å². The van der Waals surface area contributed by atoms with Crippen molar-refractivity contribution in [1.29, 1.82) is 0 Å². The van der Waals surface area contributed by atoms with Gasteiger partial charge in [-0.3, -0.25) is 4.79 Å². The molecular weight excluding hydrogens is 248 g/mol. The quantitative estimate of drug-likeness (QED) is 0.701. The van der Waals surface area contributed by atoms with E-state index in [1.807, 2.05) is 18.2 Å². The molecule has 0 aliphatic heterocycles. The molecule has 1 amide bonds. The van der Waals surface area contributed by atoms with Gasteiger partial charge in [-0.15, -0.1) is 0 Å². The summed E-state index contributed by atoms with van der Waals surface area (Å²) in [6, 6.07) is 10.3. The predicted octanol–water partition coefficient (Wildman–Crippen LogP) is 3.46. The number of anilines is 1. The number of carbonyl (C=O) groups excluding carboxylic acids is 1. The second-order valence-corrected chi connectivity index (χ2v) is 5.56. The van der Waals surface area contributed by atoms with Crippen LogP contribution in [0.15, 0.2) is 30.3 Å². The van der Waals surface area contributed by atoms with Crippen molar-refractivity contribution in [2.75, 3.05) is 25.0 Å². The maximum atomic E-state index is 11.7. The fourth-order valence-corrected chi connectivity index (χ4v) is 2.34. The number of rotatable bonds is 9. The Balaban J connectivity index is 2.14. The average molecular weight is 276 g/mol. The molecule has 112 valence electrons. The highest BCUT2D eigenvalue weighted by atomic mass is 16.1. The molecule has 3 nitrogen and oxygen atoms in total. The lowest BCUT2D eigenvalue weighted by atomic mass is 10.0. The minimum Gasteiger partial charge on any atom is -0.375 e. The topological polar surface area (TPSA) is 32.3 Å². The van der Waals surface area contributed by atoms with Crippen LogP contribution in [0.3, 0.4) is 0 Å². The molecule has 20 heavy (non-hydrogen) atoms.